The minimum absolute atomic E-state index is 0.0735. The summed E-state index contributed by atoms with van der Waals surface area (Å²) in [7, 11) is 0. The lowest BCUT2D eigenvalue weighted by Gasteiger charge is -2.32. The van der Waals surface area contributed by atoms with Crippen molar-refractivity contribution in [2.45, 2.75) is 44.0 Å². The number of aliphatic hydroxyl groups is 1. The van der Waals surface area contributed by atoms with Gasteiger partial charge in [0.2, 0.25) is 0 Å². The van der Waals surface area contributed by atoms with Crippen molar-refractivity contribution in [2.75, 3.05) is 31.5 Å². The molecule has 1 aromatic carbocycles. The lowest BCUT2D eigenvalue weighted by Crippen LogP contribution is -2.46. The minimum atomic E-state index is -4.83. The number of rotatable bonds is 5. The molecule has 1 aliphatic heterocycles. The summed E-state index contributed by atoms with van der Waals surface area (Å²) in [6.45, 7) is 2.38. The van der Waals surface area contributed by atoms with E-state index in [0.717, 1.165) is 37.9 Å². The molecule has 160 valence electrons. The number of likely N-dealkylation sites (tertiary alicyclic amines) is 1. The molecule has 4 rings (SSSR count). The summed E-state index contributed by atoms with van der Waals surface area (Å²) < 4.78 is 52.4. The lowest BCUT2D eigenvalue weighted by molar-refractivity contribution is -0.139. The normalized spacial score (nSPS) is 29.0. The molecule has 1 heterocycles. The largest absolute Gasteiger partial charge is 0.419 e. The molecule has 2 amide bonds. The zero-order chi connectivity index (χ0) is 20.8. The molecule has 9 heteroatoms. The van der Waals surface area contributed by atoms with Crippen molar-refractivity contribution >= 4 is 11.7 Å². The second kappa shape index (κ2) is 7.75. The molecule has 3 fully saturated rings. The maximum Gasteiger partial charge on any atom is 0.419 e. The quantitative estimate of drug-likeness (QED) is 0.724. The number of β-amino-alcohol motifs (C(OH)–C–C–N with tert-alkyl or cyclic N) is 1. The van der Waals surface area contributed by atoms with Gasteiger partial charge in [0.1, 0.15) is 5.82 Å². The van der Waals surface area contributed by atoms with Crippen LogP contribution in [0.4, 0.5) is 28.0 Å². The monoisotopic (exact) mass is 415 g/mol. The van der Waals surface area contributed by atoms with Gasteiger partial charge in [-0.15, -0.1) is 0 Å². The first kappa shape index (κ1) is 20.4. The molecule has 0 bridgehead atoms. The summed E-state index contributed by atoms with van der Waals surface area (Å²) in [5, 5.41) is 12.2. The fourth-order valence-corrected chi connectivity index (χ4v) is 4.76. The molecule has 0 spiro atoms. The molecule has 4 atom stereocenters. The van der Waals surface area contributed by atoms with Gasteiger partial charge >= 0.3 is 12.2 Å². The second-order valence-corrected chi connectivity index (χ2v) is 8.36. The molecule has 2 aliphatic carbocycles. The van der Waals surface area contributed by atoms with Gasteiger partial charge in [0.05, 0.1) is 11.7 Å². The summed E-state index contributed by atoms with van der Waals surface area (Å²) in [5.41, 5.74) is -1.47. The first-order valence-electron chi connectivity index (χ1n) is 10.1. The van der Waals surface area contributed by atoms with Crippen molar-refractivity contribution in [3.8, 4) is 0 Å². The fourth-order valence-electron chi connectivity index (χ4n) is 4.76. The number of carbonyl (C=O) groups is 1. The molecule has 4 unspecified atom stereocenters. The van der Waals surface area contributed by atoms with Crippen molar-refractivity contribution in [1.29, 1.82) is 0 Å². The maximum absolute atomic E-state index is 13.5. The van der Waals surface area contributed by atoms with Gasteiger partial charge in [-0.25, -0.2) is 9.18 Å². The second-order valence-electron chi connectivity index (χ2n) is 8.36. The van der Waals surface area contributed by atoms with Gasteiger partial charge in [0.25, 0.3) is 0 Å². The molecule has 29 heavy (non-hydrogen) atoms. The maximum atomic E-state index is 13.5. The topological polar surface area (TPSA) is 55.8 Å². The van der Waals surface area contributed by atoms with Crippen LogP contribution in [0.5, 0.6) is 0 Å². The van der Waals surface area contributed by atoms with Gasteiger partial charge in [0.15, 0.2) is 0 Å². The van der Waals surface area contributed by atoms with Crippen LogP contribution in [0.15, 0.2) is 18.2 Å². The lowest BCUT2D eigenvalue weighted by atomic mass is 10.1. The molecule has 1 saturated heterocycles. The Morgan fingerprint density at radius 2 is 2.07 bits per heavy atom. The van der Waals surface area contributed by atoms with Crippen molar-refractivity contribution < 1.29 is 27.5 Å². The van der Waals surface area contributed by atoms with Crippen LogP contribution >= 0.6 is 0 Å². The van der Waals surface area contributed by atoms with E-state index in [1.54, 1.807) is 4.90 Å². The van der Waals surface area contributed by atoms with Crippen LogP contribution in [0.1, 0.15) is 31.2 Å². The number of carbonyl (C=O) groups excluding carboxylic acids is 1. The van der Waals surface area contributed by atoms with Crippen molar-refractivity contribution in [3.63, 3.8) is 0 Å². The van der Waals surface area contributed by atoms with Crippen molar-refractivity contribution in [1.82, 2.24) is 9.80 Å². The molecule has 2 saturated carbocycles. The summed E-state index contributed by atoms with van der Waals surface area (Å²) in [6.07, 6.45) is -1.43. The van der Waals surface area contributed by atoms with Crippen LogP contribution in [0.25, 0.3) is 0 Å². The van der Waals surface area contributed by atoms with Gasteiger partial charge < -0.3 is 15.3 Å². The number of alkyl halides is 3. The van der Waals surface area contributed by atoms with E-state index in [4.69, 9.17) is 0 Å². The smallest absolute Gasteiger partial charge is 0.392 e. The zero-order valence-corrected chi connectivity index (χ0v) is 16.0. The molecule has 2 N–H and O–H groups in total. The average molecular weight is 415 g/mol. The third-order valence-corrected chi connectivity index (χ3v) is 6.39. The van der Waals surface area contributed by atoms with E-state index in [-0.39, 0.29) is 17.8 Å². The predicted octanol–water partition coefficient (Wildman–Crippen LogP) is 3.54. The number of nitrogens with one attached hydrogen (secondary N) is 1. The van der Waals surface area contributed by atoms with Gasteiger partial charge in [-0.05, 0) is 55.7 Å². The number of hydrogen-bond acceptors (Lipinski definition) is 3. The Morgan fingerprint density at radius 3 is 2.66 bits per heavy atom. The Kier molecular flexibility index (Phi) is 5.46. The third-order valence-electron chi connectivity index (χ3n) is 6.39. The molecule has 0 aromatic heterocycles. The van der Waals surface area contributed by atoms with Crippen LogP contribution in [0.3, 0.4) is 0 Å². The van der Waals surface area contributed by atoms with Gasteiger partial charge in [-0.1, -0.05) is 0 Å². The number of aliphatic hydroxyl groups excluding tert-OH is 1. The summed E-state index contributed by atoms with van der Waals surface area (Å²) in [4.78, 5) is 16.8. The van der Waals surface area contributed by atoms with Gasteiger partial charge in [-0.2, -0.15) is 13.2 Å². The molecule has 0 radical (unpaired) electrons. The van der Waals surface area contributed by atoms with Crippen molar-refractivity contribution in [3.05, 3.63) is 29.6 Å². The third kappa shape index (κ3) is 4.50. The fraction of sp³-hybridized carbons (Fsp3) is 0.650. The standard InChI is InChI=1S/C20H25F4N3O2/c21-17-3-2-13(10-16(17)20(22,23)24)25-19(29)27(18-4-1-12-9-15(12)18)8-7-26-6-5-14(28)11-26/h2-3,10,12,14-15,18,28H,1,4-9,11H2,(H,25,29). The number of anilines is 1. The van der Waals surface area contributed by atoms with Crippen LogP contribution in [-0.2, 0) is 6.18 Å². The Bertz CT molecular complexity index is 773. The number of halogens is 4. The number of urea groups is 1. The zero-order valence-electron chi connectivity index (χ0n) is 16.0. The van der Waals surface area contributed by atoms with E-state index in [1.165, 1.54) is 0 Å². The predicted molar refractivity (Wildman–Crippen MR) is 98.8 cm³/mol. The Labute approximate surface area is 166 Å². The molecule has 1 aromatic rings. The van der Waals surface area contributed by atoms with Crippen LogP contribution in [0, 0.1) is 17.7 Å². The number of amides is 2. The van der Waals surface area contributed by atoms with Crippen molar-refractivity contribution in [2.24, 2.45) is 11.8 Å². The first-order chi connectivity index (χ1) is 13.7. The van der Waals surface area contributed by atoms with E-state index in [2.05, 4.69) is 10.2 Å². The van der Waals surface area contributed by atoms with E-state index in [1.807, 2.05) is 0 Å². The highest BCUT2D eigenvalue weighted by molar-refractivity contribution is 5.89. The van der Waals surface area contributed by atoms with E-state index in [0.29, 0.717) is 44.0 Å². The van der Waals surface area contributed by atoms with Crippen LogP contribution in [-0.4, -0.2) is 59.3 Å². The SMILES string of the molecule is O=C(Nc1ccc(F)c(C(F)(F)F)c1)N(CCN1CCC(O)C1)C1CCC2CC21. The minimum Gasteiger partial charge on any atom is -0.392 e. The Morgan fingerprint density at radius 1 is 1.28 bits per heavy atom. The average Bonchev–Trinajstić information content (AvgIpc) is 3.12. The van der Waals surface area contributed by atoms with Gasteiger partial charge in [0, 0.05) is 37.9 Å². The van der Waals surface area contributed by atoms with E-state index < -0.39 is 23.6 Å². The number of benzene rings is 1. The van der Waals surface area contributed by atoms with Crippen LogP contribution in [0.2, 0.25) is 0 Å². The van der Waals surface area contributed by atoms with Gasteiger partial charge in [-0.3, -0.25) is 4.90 Å². The van der Waals surface area contributed by atoms with E-state index >= 15 is 0 Å². The number of fused-ring (bicyclic) bond motifs is 1. The van der Waals surface area contributed by atoms with Crippen LogP contribution < -0.4 is 5.32 Å². The molecule has 5 nitrogen and oxygen atoms in total. The molecular weight excluding hydrogens is 390 g/mol. The summed E-state index contributed by atoms with van der Waals surface area (Å²) >= 11 is 0. The number of nitrogens with zero attached hydrogens (tertiary/aromatic N) is 2. The summed E-state index contributed by atoms with van der Waals surface area (Å²) in [6, 6.07) is 2.13. The van der Waals surface area contributed by atoms with E-state index in [9.17, 15) is 27.5 Å². The molecular formula is C20H25F4N3O2. The molecule has 3 aliphatic rings. The highest BCUT2D eigenvalue weighted by Crippen LogP contribution is 2.53. The highest BCUT2D eigenvalue weighted by atomic mass is 19.4. The highest BCUT2D eigenvalue weighted by Gasteiger charge is 2.51. The summed E-state index contributed by atoms with van der Waals surface area (Å²) in [5.74, 6) is -0.257. The number of hydrogen-bond donors (Lipinski definition) is 2. The Hall–Kier alpha value is -1.87. The first-order valence-corrected chi connectivity index (χ1v) is 10.1. The Balaban J connectivity index is 1.46.